The molecule has 0 aromatic heterocycles. The molecule has 0 radical (unpaired) electrons. The summed E-state index contributed by atoms with van der Waals surface area (Å²) in [4.78, 5) is 79.6. The summed E-state index contributed by atoms with van der Waals surface area (Å²) in [7, 11) is 0. The molecule has 4 atom stereocenters. The van der Waals surface area contributed by atoms with Crippen molar-refractivity contribution in [3.8, 4) is 0 Å². The third kappa shape index (κ3) is 42.9. The summed E-state index contributed by atoms with van der Waals surface area (Å²) < 4.78 is 15.9. The largest absolute Gasteiger partial charge is 1.00 e. The van der Waals surface area contributed by atoms with Crippen LogP contribution in [0.15, 0.2) is 30.0 Å². The summed E-state index contributed by atoms with van der Waals surface area (Å²) in [5.41, 5.74) is 16.5. The normalized spacial score (nSPS) is 15.3. The van der Waals surface area contributed by atoms with Crippen LogP contribution in [-0.2, 0) is 40.0 Å². The Morgan fingerprint density at radius 1 is 0.851 bits per heavy atom. The van der Waals surface area contributed by atoms with Crippen molar-refractivity contribution >= 4 is 47.9 Å². The molecule has 1 fully saturated rings. The Balaban J connectivity index is -0.000000321. The van der Waals surface area contributed by atoms with Crippen molar-refractivity contribution in [2.45, 2.75) is 197 Å². The van der Waals surface area contributed by atoms with E-state index < -0.39 is 47.2 Å². The smallest absolute Gasteiger partial charge is 0.693 e. The van der Waals surface area contributed by atoms with Crippen molar-refractivity contribution in [3.63, 3.8) is 0 Å². The van der Waals surface area contributed by atoms with E-state index >= 15 is 0 Å². The van der Waals surface area contributed by atoms with Gasteiger partial charge in [0.1, 0.15) is 18.9 Å². The number of nitrogens with one attached hydrogen (secondary N) is 5. The summed E-state index contributed by atoms with van der Waals surface area (Å²) in [5, 5.41) is 13.2. The van der Waals surface area contributed by atoms with Crippen LogP contribution in [0.25, 0.3) is 6.15 Å². The van der Waals surface area contributed by atoms with Gasteiger partial charge in [-0.1, -0.05) is 107 Å². The molecule has 1 aromatic carbocycles. The molecule has 0 bridgehead atoms. The molecule has 0 heterocycles. The maximum absolute atomic E-state index is 12.4. The van der Waals surface area contributed by atoms with Crippen LogP contribution in [0.3, 0.4) is 0 Å². The second-order valence-electron chi connectivity index (χ2n) is 18.9. The standard InChI is InChI=1S/C20H30N4O5.C20H33N2O4.C4H10N2O.C4H10.C4H9.C2H6.H2N.Na/c1-4-5-6-16(25)24-18(13(2)3)19(27)22-11-17(26)23-15-9-7-14(8-10-15)12-29-20(21)28;1-19(2,13-26-20(3,4)10-11-23)22-18(24)25-12-17-15-7-5-6-14(21)8-9-16(15)17;1-2-3-6-4(5)7;2*1-3-4-2;1-2;;/h7-10,13,18H,4-6,11-12H2,1-3H3,(H2,21,28)(H,22,27)(H,23,26)(H,24,25);11,15-17H,5,7-10,12-13,21H2,1-4H3,(H,22,24);2-3H2,1H3,(H3,5,6,7);3-4H2,1-2H3;1,3-4H2,2H3;1-2H3;1H2;/q;-1;;;-1;;-1;+1. The Morgan fingerprint density at radius 3 is 1.91 bits per heavy atom. The van der Waals surface area contributed by atoms with E-state index in [2.05, 4.69) is 65.1 Å². The number of allylic oxidation sites excluding steroid dienone is 2. The number of aldehydes is 1. The summed E-state index contributed by atoms with van der Waals surface area (Å²) in [6, 6.07) is 5.50. The molecule has 0 aliphatic heterocycles. The number of ether oxygens (including phenoxy) is 3. The molecule has 20 heteroatoms. The number of fused-ring (bicyclic) bond motifs is 1. The van der Waals surface area contributed by atoms with Crippen LogP contribution >= 0.6 is 0 Å². The van der Waals surface area contributed by atoms with Crippen molar-refractivity contribution in [3.05, 3.63) is 54.7 Å². The molecule has 2 aliphatic carbocycles. The van der Waals surface area contributed by atoms with Crippen LogP contribution in [0.4, 0.5) is 20.1 Å². The van der Waals surface area contributed by atoms with E-state index in [1.54, 1.807) is 24.3 Å². The molecule has 3 rings (SSSR count). The van der Waals surface area contributed by atoms with Crippen molar-refractivity contribution < 1.29 is 77.3 Å². The van der Waals surface area contributed by atoms with E-state index in [1.165, 1.54) is 19.3 Å². The molecule has 4 unspecified atom stereocenters. The number of hydrogen-bond acceptors (Lipinski definition) is 11. The first-order chi connectivity index (χ1) is 34.0. The van der Waals surface area contributed by atoms with E-state index in [0.717, 1.165) is 63.3 Å². The fourth-order valence-electron chi connectivity index (χ4n) is 6.28. The van der Waals surface area contributed by atoms with Crippen LogP contribution in [0, 0.1) is 36.7 Å². The topological polar surface area (TPSA) is 319 Å². The summed E-state index contributed by atoms with van der Waals surface area (Å²) >= 11 is 0. The van der Waals surface area contributed by atoms with Gasteiger partial charge in [0.25, 0.3) is 0 Å². The average molecular weight is 1060 g/mol. The molecule has 19 nitrogen and oxygen atoms in total. The first kappa shape index (κ1) is 78.5. The molecular formula is C54H100N9NaO10-2. The molecule has 74 heavy (non-hydrogen) atoms. The Kier molecular flexibility index (Phi) is 49.9. The molecule has 1 saturated carbocycles. The first-order valence-corrected chi connectivity index (χ1v) is 26.0. The van der Waals surface area contributed by atoms with Crippen molar-refractivity contribution in [1.82, 2.24) is 21.3 Å². The van der Waals surface area contributed by atoms with Crippen molar-refractivity contribution in [1.29, 1.82) is 0 Å². The summed E-state index contributed by atoms with van der Waals surface area (Å²) in [5.74, 6) is 0.592. The van der Waals surface area contributed by atoms with Crippen LogP contribution in [-0.4, -0.2) is 85.7 Å². The molecule has 13 N–H and O–H groups in total. The van der Waals surface area contributed by atoms with Gasteiger partial charge >= 0.3 is 47.8 Å². The predicted molar refractivity (Wildman–Crippen MR) is 293 cm³/mol. The number of hydrogen-bond donors (Lipinski definition) is 8. The maximum atomic E-state index is 12.4. The minimum atomic E-state index is -0.862. The number of urea groups is 1. The summed E-state index contributed by atoms with van der Waals surface area (Å²) in [6.07, 6.45) is 14.9. The van der Waals surface area contributed by atoms with Crippen LogP contribution in [0.5, 0.6) is 0 Å². The third-order valence-electron chi connectivity index (χ3n) is 10.8. The molecule has 2 aliphatic rings. The van der Waals surface area contributed by atoms with Gasteiger partial charge in [-0.3, -0.25) is 14.4 Å². The monoisotopic (exact) mass is 1060 g/mol. The molecule has 1 aromatic rings. The van der Waals surface area contributed by atoms with E-state index in [1.807, 2.05) is 69.2 Å². The zero-order valence-electron chi connectivity index (χ0n) is 48.1. The zero-order chi connectivity index (χ0) is 55.7. The number of primary amides is 2. The number of carbonyl (C=O) groups excluding carboxylic acids is 7. The number of rotatable bonds is 23. The molecule has 0 spiro atoms. The Bertz CT molecular complexity index is 1690. The van der Waals surface area contributed by atoms with Gasteiger partial charge < -0.3 is 81.9 Å². The van der Waals surface area contributed by atoms with Crippen LogP contribution in [0.2, 0.25) is 0 Å². The van der Waals surface area contributed by atoms with Crippen molar-refractivity contribution in [2.75, 3.05) is 31.6 Å². The third-order valence-corrected chi connectivity index (χ3v) is 10.8. The quantitative estimate of drug-likeness (QED) is 0.0318. The van der Waals surface area contributed by atoms with Gasteiger partial charge in [0, 0.05) is 25.1 Å². The number of nitrogens with two attached hydrogens (primary N) is 4. The predicted octanol–water partition coefficient (Wildman–Crippen LogP) is 6.86. The fourth-order valence-corrected chi connectivity index (χ4v) is 6.28. The van der Waals surface area contributed by atoms with E-state index in [4.69, 9.17) is 26.7 Å². The SMILES string of the molecule is CC.CC(C)(COC(C)(C)CC=O)NC(=O)OCC1C2CC[C-]=C(N)CCC21.CCCC.CCCCC(=O)NC(C(=O)NCC(=O)Nc1ccc(COC(N)=O)cc1)C(C)C.CCCNC(N)=O.[CH2-]CCC.[NH2-].[Na+]. The second kappa shape index (κ2) is 47.1. The van der Waals surface area contributed by atoms with Gasteiger partial charge in [-0.25, -0.2) is 14.4 Å². The number of unbranched alkanes of at least 4 members (excludes halogenated alkanes) is 3. The van der Waals surface area contributed by atoms with E-state index in [0.29, 0.717) is 61.6 Å². The minimum Gasteiger partial charge on any atom is -0.693 e. The maximum Gasteiger partial charge on any atom is 1.00 e. The van der Waals surface area contributed by atoms with Gasteiger partial charge in [0.2, 0.25) is 17.7 Å². The number of anilines is 1. The molecule has 424 valence electrons. The fraction of sp³-hybridized carbons (Fsp3) is 0.704. The number of amides is 7. The number of carbonyl (C=O) groups is 7. The van der Waals surface area contributed by atoms with E-state index in [9.17, 15) is 33.6 Å². The van der Waals surface area contributed by atoms with Gasteiger partial charge in [-0.2, -0.15) is 18.5 Å². The Morgan fingerprint density at radius 2 is 1.43 bits per heavy atom. The van der Waals surface area contributed by atoms with Crippen LogP contribution < -0.4 is 73.3 Å². The van der Waals surface area contributed by atoms with Gasteiger partial charge in [-0.05, 0) is 94.7 Å². The van der Waals surface area contributed by atoms with Crippen LogP contribution in [0.1, 0.15) is 179 Å². The van der Waals surface area contributed by atoms with Gasteiger partial charge in [0.15, 0.2) is 0 Å². The molecule has 7 amide bonds. The minimum absolute atomic E-state index is 0. The number of benzene rings is 1. The Hall–Kier alpha value is -4.43. The van der Waals surface area contributed by atoms with Gasteiger partial charge in [-0.15, -0.1) is 0 Å². The van der Waals surface area contributed by atoms with E-state index in [-0.39, 0.29) is 60.7 Å². The molecule has 0 saturated heterocycles. The Labute approximate surface area is 468 Å². The molecular weight excluding hydrogens is 958 g/mol. The summed E-state index contributed by atoms with van der Waals surface area (Å²) in [6.45, 7) is 30.4. The average Bonchev–Trinajstić information content (AvgIpc) is 4.00. The number of alkyl carbamates (subject to hydrolysis) is 1. The second-order valence-corrected chi connectivity index (χ2v) is 18.9. The first-order valence-electron chi connectivity index (χ1n) is 26.0. The van der Waals surface area contributed by atoms with Gasteiger partial charge in [0.05, 0.1) is 30.9 Å². The van der Waals surface area contributed by atoms with Crippen molar-refractivity contribution in [2.24, 2.45) is 40.9 Å². The zero-order valence-corrected chi connectivity index (χ0v) is 50.1.